The lowest BCUT2D eigenvalue weighted by molar-refractivity contribution is 0.102. The highest BCUT2D eigenvalue weighted by Gasteiger charge is 2.21. The first kappa shape index (κ1) is 14.7. The van der Waals surface area contributed by atoms with Crippen LogP contribution >= 0.6 is 15.9 Å². The molecule has 0 aliphatic heterocycles. The Hall–Kier alpha value is -1.68. The zero-order valence-corrected chi connectivity index (χ0v) is 13.4. The van der Waals surface area contributed by atoms with Crippen molar-refractivity contribution in [1.82, 2.24) is 4.98 Å². The molecule has 0 saturated heterocycles. The number of carbonyl (C=O) groups excluding carboxylic acids is 1. The molecular formula is C16H17BrN2O. The molecule has 1 aromatic heterocycles. The monoisotopic (exact) mass is 332 g/mol. The summed E-state index contributed by atoms with van der Waals surface area (Å²) < 4.78 is 0.880. The topological polar surface area (TPSA) is 42.0 Å². The van der Waals surface area contributed by atoms with Crippen molar-refractivity contribution in [3.8, 4) is 0 Å². The fraction of sp³-hybridized carbons (Fsp3) is 0.250. The van der Waals surface area contributed by atoms with Crippen molar-refractivity contribution in [2.45, 2.75) is 26.2 Å². The van der Waals surface area contributed by atoms with Gasteiger partial charge in [-0.3, -0.25) is 4.79 Å². The minimum absolute atomic E-state index is 0.0823. The number of nitrogens with zero attached hydrogens (tertiary/aromatic N) is 1. The lowest BCUT2D eigenvalue weighted by Gasteiger charge is -2.22. The number of carbonyl (C=O) groups is 1. The van der Waals surface area contributed by atoms with E-state index in [0.29, 0.717) is 11.4 Å². The summed E-state index contributed by atoms with van der Waals surface area (Å²) in [5.74, 6) is 0.409. The van der Waals surface area contributed by atoms with Gasteiger partial charge in [0.2, 0.25) is 0 Å². The Bertz CT molecular complexity index is 615. The molecule has 1 aromatic carbocycles. The molecule has 0 bridgehead atoms. The molecule has 3 nitrogen and oxygen atoms in total. The van der Waals surface area contributed by atoms with Gasteiger partial charge in [-0.15, -0.1) is 0 Å². The molecule has 1 heterocycles. The molecule has 0 aliphatic rings. The lowest BCUT2D eigenvalue weighted by atomic mass is 9.83. The van der Waals surface area contributed by atoms with Crippen molar-refractivity contribution in [2.24, 2.45) is 0 Å². The Balaban J connectivity index is 2.28. The number of rotatable bonds is 2. The minimum Gasteiger partial charge on any atom is -0.307 e. The average molecular weight is 333 g/mol. The summed E-state index contributed by atoms with van der Waals surface area (Å²) in [5, 5.41) is 2.83. The third-order valence-electron chi connectivity index (χ3n) is 2.95. The molecule has 1 N–H and O–H groups in total. The molecule has 0 radical (unpaired) electrons. The molecule has 0 fully saturated rings. The Kier molecular flexibility index (Phi) is 4.23. The van der Waals surface area contributed by atoms with Crippen molar-refractivity contribution in [3.63, 3.8) is 0 Å². The van der Waals surface area contributed by atoms with E-state index in [0.717, 1.165) is 10.0 Å². The molecule has 0 spiro atoms. The maximum Gasteiger partial charge on any atom is 0.257 e. The van der Waals surface area contributed by atoms with Crippen molar-refractivity contribution < 1.29 is 4.79 Å². The Morgan fingerprint density at radius 1 is 1.15 bits per heavy atom. The molecule has 20 heavy (non-hydrogen) atoms. The summed E-state index contributed by atoms with van der Waals surface area (Å²) in [6.07, 6.45) is 1.66. The summed E-state index contributed by atoms with van der Waals surface area (Å²) in [5.41, 5.74) is 1.63. The van der Waals surface area contributed by atoms with E-state index in [1.165, 1.54) is 0 Å². The van der Waals surface area contributed by atoms with Gasteiger partial charge in [-0.05, 0) is 45.1 Å². The van der Waals surface area contributed by atoms with Gasteiger partial charge in [-0.25, -0.2) is 4.98 Å². The van der Waals surface area contributed by atoms with Crippen molar-refractivity contribution in [1.29, 1.82) is 0 Å². The summed E-state index contributed by atoms with van der Waals surface area (Å²) in [6.45, 7) is 6.28. The molecule has 104 valence electrons. The molecule has 0 atom stereocenters. The Morgan fingerprint density at radius 2 is 1.85 bits per heavy atom. The van der Waals surface area contributed by atoms with Crippen molar-refractivity contribution in [3.05, 3.63) is 58.2 Å². The van der Waals surface area contributed by atoms with Crippen LogP contribution in [0.4, 0.5) is 5.82 Å². The Labute approximate surface area is 127 Å². The van der Waals surface area contributed by atoms with Crippen LogP contribution in [0.15, 0.2) is 47.1 Å². The van der Waals surface area contributed by atoms with Gasteiger partial charge in [0.15, 0.2) is 0 Å². The van der Waals surface area contributed by atoms with Crippen LogP contribution in [0, 0.1) is 0 Å². The van der Waals surface area contributed by atoms with Gasteiger partial charge in [-0.2, -0.15) is 0 Å². The van der Waals surface area contributed by atoms with Gasteiger partial charge in [0.1, 0.15) is 5.82 Å². The second kappa shape index (κ2) is 5.75. The number of hydrogen-bond acceptors (Lipinski definition) is 2. The highest BCUT2D eigenvalue weighted by Crippen LogP contribution is 2.26. The number of anilines is 1. The van der Waals surface area contributed by atoms with E-state index >= 15 is 0 Å². The summed E-state index contributed by atoms with van der Waals surface area (Å²) in [6, 6.07) is 11.3. The SMILES string of the molecule is CC(C)(C)c1ccccc1C(=O)Nc1ccc(Br)cn1. The van der Waals surface area contributed by atoms with Gasteiger partial charge >= 0.3 is 0 Å². The lowest BCUT2D eigenvalue weighted by Crippen LogP contribution is -2.21. The Morgan fingerprint density at radius 3 is 2.45 bits per heavy atom. The molecule has 4 heteroatoms. The van der Waals surface area contributed by atoms with Crippen LogP contribution in [0.2, 0.25) is 0 Å². The molecule has 0 unspecified atom stereocenters. The van der Waals surface area contributed by atoms with Crippen LogP contribution < -0.4 is 5.32 Å². The predicted molar refractivity (Wildman–Crippen MR) is 85.0 cm³/mol. The van der Waals surface area contributed by atoms with E-state index < -0.39 is 0 Å². The number of nitrogens with one attached hydrogen (secondary N) is 1. The number of amides is 1. The highest BCUT2D eigenvalue weighted by atomic mass is 79.9. The quantitative estimate of drug-likeness (QED) is 0.885. The zero-order chi connectivity index (χ0) is 14.8. The highest BCUT2D eigenvalue weighted by molar-refractivity contribution is 9.10. The van der Waals surface area contributed by atoms with Gasteiger partial charge in [0.25, 0.3) is 5.91 Å². The standard InChI is InChI=1S/C16H17BrN2O/c1-16(2,3)13-7-5-4-6-12(13)15(20)19-14-9-8-11(17)10-18-14/h4-10H,1-3H3,(H,18,19,20). The molecular weight excluding hydrogens is 316 g/mol. The van der Waals surface area contributed by atoms with Crippen LogP contribution in [0.3, 0.4) is 0 Å². The van der Waals surface area contributed by atoms with Gasteiger partial charge < -0.3 is 5.32 Å². The first-order chi connectivity index (χ1) is 9.38. The van der Waals surface area contributed by atoms with E-state index in [1.54, 1.807) is 12.3 Å². The summed E-state index contributed by atoms with van der Waals surface area (Å²) in [4.78, 5) is 16.6. The average Bonchev–Trinajstić information content (AvgIpc) is 2.40. The number of pyridine rings is 1. The van der Waals surface area contributed by atoms with Crippen LogP contribution in [0.5, 0.6) is 0 Å². The molecule has 0 saturated carbocycles. The minimum atomic E-state index is -0.134. The van der Waals surface area contributed by atoms with E-state index in [9.17, 15) is 4.79 Å². The zero-order valence-electron chi connectivity index (χ0n) is 11.8. The third kappa shape index (κ3) is 3.45. The second-order valence-electron chi connectivity index (χ2n) is 5.61. The first-order valence-corrected chi connectivity index (χ1v) is 7.19. The maximum atomic E-state index is 12.4. The molecule has 2 aromatic rings. The number of hydrogen-bond donors (Lipinski definition) is 1. The van der Waals surface area contributed by atoms with Gasteiger partial charge in [0.05, 0.1) is 0 Å². The van der Waals surface area contributed by atoms with Crippen molar-refractivity contribution >= 4 is 27.7 Å². The fourth-order valence-electron chi connectivity index (χ4n) is 1.97. The van der Waals surface area contributed by atoms with E-state index in [2.05, 4.69) is 47.0 Å². The van der Waals surface area contributed by atoms with Gasteiger partial charge in [0, 0.05) is 16.2 Å². The normalized spacial score (nSPS) is 11.2. The predicted octanol–water partition coefficient (Wildman–Crippen LogP) is 4.39. The van der Waals surface area contributed by atoms with E-state index in [4.69, 9.17) is 0 Å². The smallest absolute Gasteiger partial charge is 0.257 e. The van der Waals surface area contributed by atoms with Crippen LogP contribution in [-0.2, 0) is 5.41 Å². The van der Waals surface area contributed by atoms with Crippen LogP contribution in [0.1, 0.15) is 36.7 Å². The fourth-order valence-corrected chi connectivity index (χ4v) is 2.20. The second-order valence-corrected chi connectivity index (χ2v) is 6.53. The van der Waals surface area contributed by atoms with Crippen LogP contribution in [0.25, 0.3) is 0 Å². The number of aromatic nitrogens is 1. The first-order valence-electron chi connectivity index (χ1n) is 6.40. The molecule has 0 aliphatic carbocycles. The molecule has 1 amide bonds. The van der Waals surface area contributed by atoms with Crippen molar-refractivity contribution in [2.75, 3.05) is 5.32 Å². The number of benzene rings is 1. The summed E-state index contributed by atoms with van der Waals surface area (Å²) in [7, 11) is 0. The van der Waals surface area contributed by atoms with Gasteiger partial charge in [-0.1, -0.05) is 39.0 Å². The van der Waals surface area contributed by atoms with Crippen LogP contribution in [-0.4, -0.2) is 10.9 Å². The number of halogens is 1. The third-order valence-corrected chi connectivity index (χ3v) is 3.42. The summed E-state index contributed by atoms with van der Waals surface area (Å²) >= 11 is 3.32. The van der Waals surface area contributed by atoms with E-state index in [-0.39, 0.29) is 11.3 Å². The maximum absolute atomic E-state index is 12.4. The molecule has 2 rings (SSSR count). The largest absolute Gasteiger partial charge is 0.307 e. The van der Waals surface area contributed by atoms with E-state index in [1.807, 2.05) is 30.3 Å².